The first kappa shape index (κ1) is 22.3. The van der Waals surface area contributed by atoms with Crippen molar-refractivity contribution in [2.24, 2.45) is 40.6 Å². The molecule has 5 aliphatic rings. The van der Waals surface area contributed by atoms with Crippen LogP contribution in [-0.2, 0) is 16.2 Å². The van der Waals surface area contributed by atoms with Gasteiger partial charge in [-0.05, 0) is 77.1 Å². The fourth-order valence-corrected chi connectivity index (χ4v) is 6.75. The molecule has 6 atom stereocenters. The van der Waals surface area contributed by atoms with E-state index >= 15 is 0 Å². The first-order valence-corrected chi connectivity index (χ1v) is 13.1. The number of rotatable bonds is 7. The van der Waals surface area contributed by atoms with E-state index in [0.29, 0.717) is 36.5 Å². The zero-order chi connectivity index (χ0) is 25.1. The van der Waals surface area contributed by atoms with E-state index in [2.05, 4.69) is 41.5 Å². The molecule has 4 aliphatic carbocycles. The van der Waals surface area contributed by atoms with Gasteiger partial charge in [-0.2, -0.15) is 10.1 Å². The van der Waals surface area contributed by atoms with Crippen molar-refractivity contribution in [3.05, 3.63) is 83.9 Å². The van der Waals surface area contributed by atoms with Crippen LogP contribution in [0.4, 0.5) is 0 Å². The molecule has 3 aromatic carbocycles. The van der Waals surface area contributed by atoms with Crippen molar-refractivity contribution < 1.29 is 19.1 Å². The maximum Gasteiger partial charge on any atom is 0.254 e. The van der Waals surface area contributed by atoms with Crippen molar-refractivity contribution in [3.8, 4) is 11.5 Å². The van der Waals surface area contributed by atoms with E-state index in [0.717, 1.165) is 27.9 Å². The second-order valence-electron chi connectivity index (χ2n) is 10.5. The first-order chi connectivity index (χ1) is 18.1. The van der Waals surface area contributed by atoms with Crippen molar-refractivity contribution in [2.75, 3.05) is 6.61 Å². The molecule has 8 rings (SSSR count). The Labute approximate surface area is 215 Å². The minimum atomic E-state index is -0.243. The minimum absolute atomic E-state index is 0.156. The number of benzene rings is 3. The van der Waals surface area contributed by atoms with Crippen LogP contribution in [0.5, 0.6) is 11.5 Å². The summed E-state index contributed by atoms with van der Waals surface area (Å²) >= 11 is 0. The third-order valence-corrected chi connectivity index (χ3v) is 8.49. The molecule has 37 heavy (non-hydrogen) atoms. The van der Waals surface area contributed by atoms with Gasteiger partial charge in [-0.25, -0.2) is 0 Å². The molecular weight excluding hydrogens is 464 g/mol. The lowest BCUT2D eigenvalue weighted by Crippen LogP contribution is -2.40. The molecule has 1 heterocycles. The number of imide groups is 1. The van der Waals surface area contributed by atoms with Crippen molar-refractivity contribution >= 4 is 28.8 Å². The molecule has 0 aromatic heterocycles. The third kappa shape index (κ3) is 3.57. The van der Waals surface area contributed by atoms with Crippen LogP contribution >= 0.6 is 0 Å². The summed E-state index contributed by atoms with van der Waals surface area (Å²) in [6.07, 6.45) is 7.06. The largest absolute Gasteiger partial charge is 0.490 e. The summed E-state index contributed by atoms with van der Waals surface area (Å²) in [6, 6.07) is 20.0. The number of carbonyl (C=O) groups is 2. The number of amides is 2. The molecule has 6 heteroatoms. The average molecular weight is 493 g/mol. The van der Waals surface area contributed by atoms with Gasteiger partial charge in [0, 0.05) is 0 Å². The Morgan fingerprint density at radius 1 is 0.892 bits per heavy atom. The van der Waals surface area contributed by atoms with Crippen LogP contribution in [0.25, 0.3) is 10.8 Å². The molecule has 1 saturated heterocycles. The summed E-state index contributed by atoms with van der Waals surface area (Å²) in [4.78, 5) is 26.3. The molecule has 3 fully saturated rings. The summed E-state index contributed by atoms with van der Waals surface area (Å²) in [5.74, 6) is 1.97. The fourth-order valence-electron chi connectivity index (χ4n) is 6.75. The molecule has 0 N–H and O–H groups in total. The van der Waals surface area contributed by atoms with Crippen molar-refractivity contribution in [2.45, 2.75) is 20.0 Å². The molecule has 6 nitrogen and oxygen atoms in total. The summed E-state index contributed by atoms with van der Waals surface area (Å²) < 4.78 is 12.0. The number of nitrogens with zero attached hydrogens (tertiary/aromatic N) is 2. The molecule has 3 aromatic rings. The molecule has 2 saturated carbocycles. The fraction of sp³-hybridized carbons (Fsp3) is 0.323. The maximum atomic E-state index is 13.2. The van der Waals surface area contributed by atoms with Crippen LogP contribution in [-0.4, -0.2) is 29.6 Å². The van der Waals surface area contributed by atoms with Gasteiger partial charge in [-0.1, -0.05) is 54.6 Å². The number of carbonyl (C=O) groups excluding carboxylic acids is 2. The number of ether oxygens (including phenoxy) is 2. The number of fused-ring (bicyclic) bond motifs is 1. The van der Waals surface area contributed by atoms with Crippen LogP contribution in [0, 0.1) is 35.5 Å². The molecule has 0 unspecified atom stereocenters. The van der Waals surface area contributed by atoms with Crippen molar-refractivity contribution in [3.63, 3.8) is 0 Å². The van der Waals surface area contributed by atoms with Crippen molar-refractivity contribution in [1.82, 2.24) is 5.01 Å². The Morgan fingerprint density at radius 3 is 2.38 bits per heavy atom. The average Bonchev–Trinajstić information content (AvgIpc) is 3.71. The predicted molar refractivity (Wildman–Crippen MR) is 140 cm³/mol. The van der Waals surface area contributed by atoms with Gasteiger partial charge < -0.3 is 9.47 Å². The van der Waals surface area contributed by atoms with Gasteiger partial charge in [0.1, 0.15) is 6.61 Å². The highest BCUT2D eigenvalue weighted by Crippen LogP contribution is 2.65. The van der Waals surface area contributed by atoms with E-state index in [-0.39, 0.29) is 35.5 Å². The van der Waals surface area contributed by atoms with Gasteiger partial charge >= 0.3 is 0 Å². The van der Waals surface area contributed by atoms with Gasteiger partial charge in [-0.15, -0.1) is 0 Å². The van der Waals surface area contributed by atoms with Gasteiger partial charge in [0.25, 0.3) is 11.8 Å². The van der Waals surface area contributed by atoms with E-state index in [4.69, 9.17) is 9.47 Å². The molecular formula is C31H28N2O4. The lowest BCUT2D eigenvalue weighted by molar-refractivity contribution is -0.140. The van der Waals surface area contributed by atoms with Gasteiger partial charge in [0.05, 0.1) is 24.7 Å². The number of hydrazone groups is 1. The molecule has 0 radical (unpaired) electrons. The van der Waals surface area contributed by atoms with Gasteiger partial charge in [-0.3, -0.25) is 9.59 Å². The summed E-state index contributed by atoms with van der Waals surface area (Å²) in [5, 5.41) is 7.80. The molecule has 0 spiro atoms. The second kappa shape index (κ2) is 8.58. The second-order valence-corrected chi connectivity index (χ2v) is 10.5. The Kier molecular flexibility index (Phi) is 5.17. The van der Waals surface area contributed by atoms with Crippen LogP contribution in [0.3, 0.4) is 0 Å². The van der Waals surface area contributed by atoms with E-state index in [1.807, 2.05) is 43.3 Å². The highest BCUT2D eigenvalue weighted by Gasteiger charge is 2.67. The van der Waals surface area contributed by atoms with Crippen molar-refractivity contribution in [1.29, 1.82) is 0 Å². The lowest BCUT2D eigenvalue weighted by Gasteiger charge is -2.37. The maximum absolute atomic E-state index is 13.2. The quantitative estimate of drug-likeness (QED) is 0.258. The summed E-state index contributed by atoms with van der Waals surface area (Å²) in [5.41, 5.74) is 1.83. The topological polar surface area (TPSA) is 68.2 Å². The Balaban J connectivity index is 1.10. The van der Waals surface area contributed by atoms with Gasteiger partial charge in [0.15, 0.2) is 11.5 Å². The molecule has 186 valence electrons. The predicted octanol–water partition coefficient (Wildman–Crippen LogP) is 5.20. The van der Waals surface area contributed by atoms with E-state index < -0.39 is 0 Å². The van der Waals surface area contributed by atoms with Crippen LogP contribution in [0.15, 0.2) is 77.9 Å². The zero-order valence-corrected chi connectivity index (χ0v) is 20.6. The molecule has 2 bridgehead atoms. The van der Waals surface area contributed by atoms with Crippen LogP contribution in [0.2, 0.25) is 0 Å². The van der Waals surface area contributed by atoms with E-state index in [1.165, 1.54) is 5.39 Å². The Morgan fingerprint density at radius 2 is 1.62 bits per heavy atom. The normalized spacial score (nSPS) is 29.2. The standard InChI is InChI=1S/C31H28N2O4/c1-2-36-27-14-18(10-13-26(27)37-17-20-8-5-7-19-6-3-4-9-21(19)20)16-32-33-30(34)28-22-11-12-23(25-15-24(22)25)29(28)31(33)35/h3-14,16,22-25,28-29H,2,15,17H2,1H3/b32-16-/t22-,23-,24-,25-,28+,29+/m1/s1. The number of hydrogen-bond acceptors (Lipinski definition) is 5. The summed E-state index contributed by atoms with van der Waals surface area (Å²) in [6.45, 7) is 2.81. The Hall–Kier alpha value is -3.93. The molecule has 1 aliphatic heterocycles. The van der Waals surface area contributed by atoms with E-state index in [9.17, 15) is 9.59 Å². The highest BCUT2D eigenvalue weighted by molar-refractivity contribution is 6.06. The third-order valence-electron chi connectivity index (χ3n) is 8.49. The smallest absolute Gasteiger partial charge is 0.254 e. The summed E-state index contributed by atoms with van der Waals surface area (Å²) in [7, 11) is 0. The van der Waals surface area contributed by atoms with Gasteiger partial charge in [0.2, 0.25) is 0 Å². The lowest BCUT2D eigenvalue weighted by atomic mass is 9.63. The van der Waals surface area contributed by atoms with Crippen LogP contribution < -0.4 is 9.47 Å². The Bertz CT molecular complexity index is 1440. The monoisotopic (exact) mass is 492 g/mol. The first-order valence-electron chi connectivity index (χ1n) is 13.1. The SMILES string of the molecule is CCOc1cc(/C=N\N2C(=O)[C@H]3[C@@H]4C=C[C@H]([C@H]5C[C@H]45)[C@@H]3C2=O)ccc1OCc1cccc2ccccc12. The van der Waals surface area contributed by atoms with E-state index in [1.54, 1.807) is 6.21 Å². The highest BCUT2D eigenvalue weighted by atomic mass is 16.5. The zero-order valence-electron chi connectivity index (χ0n) is 20.6. The number of allylic oxidation sites excluding steroid dienone is 2. The number of hydrogen-bond donors (Lipinski definition) is 0. The molecule has 2 amide bonds. The van der Waals surface area contributed by atoms with Crippen LogP contribution in [0.1, 0.15) is 24.5 Å². The minimum Gasteiger partial charge on any atom is -0.490 e.